The highest BCUT2D eigenvalue weighted by atomic mass is 127. The van der Waals surface area contributed by atoms with Crippen molar-refractivity contribution in [3.8, 4) is 5.75 Å². The maximum atomic E-state index is 12.2. The Bertz CT molecular complexity index is 546. The van der Waals surface area contributed by atoms with Crippen LogP contribution in [0.2, 0.25) is 0 Å². The molecule has 1 aromatic rings. The van der Waals surface area contributed by atoms with Crippen LogP contribution in [0, 0.1) is 0 Å². The fourth-order valence-corrected chi connectivity index (χ4v) is 2.67. The van der Waals surface area contributed by atoms with Crippen molar-refractivity contribution in [2.75, 3.05) is 13.6 Å². The molecule has 4 nitrogen and oxygen atoms in total. The second-order valence-electron chi connectivity index (χ2n) is 5.85. The Morgan fingerprint density at radius 3 is 2.52 bits per heavy atom. The maximum absolute atomic E-state index is 12.2. The quantitative estimate of drug-likeness (QED) is 0.371. The Morgan fingerprint density at radius 2 is 1.88 bits per heavy atom. The summed E-state index contributed by atoms with van der Waals surface area (Å²) in [5.41, 5.74) is 0.961. The van der Waals surface area contributed by atoms with E-state index in [4.69, 9.17) is 4.74 Å². The standard InChI is InChI=1S/C17H24F3N3O.HI/c1-21-16(22-11-10-17(18,19)20)23-12-13-6-2-5-9-15(13)24-14-7-3-4-8-14;/h2,5-6,9,14H,3-4,7-8,10-12H2,1H3,(H2,21,22,23);1H. The van der Waals surface area contributed by atoms with E-state index in [1.807, 2.05) is 24.3 Å². The van der Waals surface area contributed by atoms with Gasteiger partial charge in [-0.3, -0.25) is 4.99 Å². The fourth-order valence-electron chi connectivity index (χ4n) is 2.67. The van der Waals surface area contributed by atoms with Crippen molar-refractivity contribution in [2.24, 2.45) is 4.99 Å². The smallest absolute Gasteiger partial charge is 0.390 e. The zero-order chi connectivity index (χ0) is 17.4. The normalized spacial score (nSPS) is 15.6. The first-order chi connectivity index (χ1) is 11.5. The van der Waals surface area contributed by atoms with Crippen molar-refractivity contribution in [3.63, 3.8) is 0 Å². The molecule has 25 heavy (non-hydrogen) atoms. The number of guanidine groups is 1. The topological polar surface area (TPSA) is 45.7 Å². The number of alkyl halides is 3. The summed E-state index contributed by atoms with van der Waals surface area (Å²) in [6.07, 6.45) is -0.273. The van der Waals surface area contributed by atoms with Crippen LogP contribution in [0.25, 0.3) is 0 Å². The Morgan fingerprint density at radius 1 is 1.20 bits per heavy atom. The summed E-state index contributed by atoms with van der Waals surface area (Å²) >= 11 is 0. The lowest BCUT2D eigenvalue weighted by Gasteiger charge is -2.18. The predicted octanol–water partition coefficient (Wildman–Crippen LogP) is 4.24. The number of halogens is 4. The van der Waals surface area contributed by atoms with E-state index >= 15 is 0 Å². The molecule has 0 spiro atoms. The molecule has 0 atom stereocenters. The van der Waals surface area contributed by atoms with E-state index in [0.717, 1.165) is 24.2 Å². The van der Waals surface area contributed by atoms with Gasteiger partial charge in [0.05, 0.1) is 12.5 Å². The van der Waals surface area contributed by atoms with E-state index in [0.29, 0.717) is 12.5 Å². The first-order valence-electron chi connectivity index (χ1n) is 8.24. The molecule has 8 heteroatoms. The summed E-state index contributed by atoms with van der Waals surface area (Å²) in [5.74, 6) is 1.16. The molecule has 142 valence electrons. The second kappa shape index (κ2) is 10.7. The zero-order valence-corrected chi connectivity index (χ0v) is 16.6. The van der Waals surface area contributed by atoms with Gasteiger partial charge in [0.2, 0.25) is 0 Å². The molecular formula is C17H25F3IN3O. The zero-order valence-electron chi connectivity index (χ0n) is 14.2. The number of hydrogen-bond donors (Lipinski definition) is 2. The number of nitrogens with zero attached hydrogens (tertiary/aromatic N) is 1. The lowest BCUT2D eigenvalue weighted by atomic mass is 10.2. The summed E-state index contributed by atoms with van der Waals surface area (Å²) in [5, 5.41) is 5.70. The summed E-state index contributed by atoms with van der Waals surface area (Å²) in [7, 11) is 1.53. The van der Waals surface area contributed by atoms with Crippen LogP contribution in [-0.2, 0) is 6.54 Å². The van der Waals surface area contributed by atoms with Crippen LogP contribution < -0.4 is 15.4 Å². The van der Waals surface area contributed by atoms with E-state index in [1.54, 1.807) is 0 Å². The highest BCUT2D eigenvalue weighted by molar-refractivity contribution is 14.0. The first kappa shape index (κ1) is 21.9. The van der Waals surface area contributed by atoms with Crippen LogP contribution in [0.15, 0.2) is 29.3 Å². The number of aliphatic imine (C=N–C) groups is 1. The number of hydrogen-bond acceptors (Lipinski definition) is 2. The van der Waals surface area contributed by atoms with Gasteiger partial charge in [0, 0.05) is 25.7 Å². The van der Waals surface area contributed by atoms with Gasteiger partial charge in [-0.05, 0) is 31.7 Å². The van der Waals surface area contributed by atoms with Gasteiger partial charge < -0.3 is 15.4 Å². The molecule has 1 saturated carbocycles. The number of nitrogens with one attached hydrogen (secondary N) is 2. The van der Waals surface area contributed by atoms with Crippen molar-refractivity contribution in [2.45, 2.75) is 50.9 Å². The van der Waals surface area contributed by atoms with E-state index < -0.39 is 12.6 Å². The van der Waals surface area contributed by atoms with Gasteiger partial charge in [-0.25, -0.2) is 0 Å². The third-order valence-electron chi connectivity index (χ3n) is 3.94. The first-order valence-corrected chi connectivity index (χ1v) is 8.24. The lowest BCUT2D eigenvalue weighted by molar-refractivity contribution is -0.132. The van der Waals surface area contributed by atoms with Crippen LogP contribution in [0.1, 0.15) is 37.7 Å². The maximum Gasteiger partial charge on any atom is 0.390 e. The van der Waals surface area contributed by atoms with Crippen LogP contribution in [0.4, 0.5) is 13.2 Å². The lowest BCUT2D eigenvalue weighted by Crippen LogP contribution is -2.38. The molecule has 1 fully saturated rings. The summed E-state index contributed by atoms with van der Waals surface area (Å²) in [6, 6.07) is 7.71. The highest BCUT2D eigenvalue weighted by Gasteiger charge is 2.26. The minimum atomic E-state index is -4.17. The molecule has 1 aliphatic rings. The van der Waals surface area contributed by atoms with E-state index in [9.17, 15) is 13.2 Å². The molecule has 1 aliphatic carbocycles. The van der Waals surface area contributed by atoms with Crippen molar-refractivity contribution in [1.29, 1.82) is 0 Å². The third-order valence-corrected chi connectivity index (χ3v) is 3.94. The molecule has 0 heterocycles. The molecule has 0 bridgehead atoms. The number of benzene rings is 1. The number of ether oxygens (including phenoxy) is 1. The summed E-state index contributed by atoms with van der Waals surface area (Å²) < 4.78 is 42.6. The van der Waals surface area contributed by atoms with Crippen molar-refractivity contribution >= 4 is 29.9 Å². The molecular weight excluding hydrogens is 446 g/mol. The molecule has 0 saturated heterocycles. The van der Waals surface area contributed by atoms with E-state index in [1.165, 1.54) is 19.9 Å². The summed E-state index contributed by atoms with van der Waals surface area (Å²) in [4.78, 5) is 3.94. The van der Waals surface area contributed by atoms with Crippen LogP contribution in [0.5, 0.6) is 5.75 Å². The molecule has 0 aliphatic heterocycles. The van der Waals surface area contributed by atoms with Crippen molar-refractivity contribution in [1.82, 2.24) is 10.6 Å². The summed E-state index contributed by atoms with van der Waals surface area (Å²) in [6.45, 7) is 0.234. The molecule has 0 aromatic heterocycles. The van der Waals surface area contributed by atoms with Gasteiger partial charge in [0.25, 0.3) is 0 Å². The molecule has 1 aromatic carbocycles. The number of rotatable bonds is 6. The van der Waals surface area contributed by atoms with Crippen LogP contribution in [-0.4, -0.2) is 31.8 Å². The largest absolute Gasteiger partial charge is 0.490 e. The Hall–Kier alpha value is -1.19. The molecule has 2 N–H and O–H groups in total. The second-order valence-corrected chi connectivity index (χ2v) is 5.85. The molecule has 2 rings (SSSR count). The molecule has 0 radical (unpaired) electrons. The van der Waals surface area contributed by atoms with Gasteiger partial charge in [-0.2, -0.15) is 13.2 Å². The van der Waals surface area contributed by atoms with Gasteiger partial charge in [-0.15, -0.1) is 24.0 Å². The minimum absolute atomic E-state index is 0. The third kappa shape index (κ3) is 8.15. The van der Waals surface area contributed by atoms with Gasteiger partial charge in [0.15, 0.2) is 5.96 Å². The van der Waals surface area contributed by atoms with Crippen molar-refractivity contribution in [3.05, 3.63) is 29.8 Å². The van der Waals surface area contributed by atoms with E-state index in [2.05, 4.69) is 15.6 Å². The van der Waals surface area contributed by atoms with E-state index in [-0.39, 0.29) is 36.6 Å². The minimum Gasteiger partial charge on any atom is -0.490 e. The van der Waals surface area contributed by atoms with Crippen LogP contribution >= 0.6 is 24.0 Å². The Balaban J connectivity index is 0.00000312. The average molecular weight is 471 g/mol. The molecule has 0 unspecified atom stereocenters. The van der Waals surface area contributed by atoms with Gasteiger partial charge >= 0.3 is 6.18 Å². The van der Waals surface area contributed by atoms with Gasteiger partial charge in [-0.1, -0.05) is 18.2 Å². The Labute approximate surface area is 163 Å². The predicted molar refractivity (Wildman–Crippen MR) is 104 cm³/mol. The number of para-hydroxylation sites is 1. The molecule has 0 amide bonds. The van der Waals surface area contributed by atoms with Crippen molar-refractivity contribution < 1.29 is 17.9 Å². The fraction of sp³-hybridized carbons (Fsp3) is 0.588. The van der Waals surface area contributed by atoms with Gasteiger partial charge in [0.1, 0.15) is 5.75 Å². The Kier molecular flexibility index (Phi) is 9.37. The highest BCUT2D eigenvalue weighted by Crippen LogP contribution is 2.26. The SMILES string of the molecule is CN=C(NCCC(F)(F)F)NCc1ccccc1OC1CCCC1.I. The average Bonchev–Trinajstić information content (AvgIpc) is 3.04. The van der Waals surface area contributed by atoms with Crippen LogP contribution in [0.3, 0.4) is 0 Å². The monoisotopic (exact) mass is 471 g/mol.